The predicted octanol–water partition coefficient (Wildman–Crippen LogP) is 14.8. The normalized spacial score (nSPS) is 19.6. The Morgan fingerprint density at radius 3 is 1.41 bits per heavy atom. The third-order valence-corrected chi connectivity index (χ3v) is 14.3. The summed E-state index contributed by atoms with van der Waals surface area (Å²) in [5.41, 5.74) is 0. The lowest BCUT2D eigenvalue weighted by atomic mass is 9.99. The molecule has 0 spiro atoms. The summed E-state index contributed by atoms with van der Waals surface area (Å²) in [7, 11) is 0. The van der Waals surface area contributed by atoms with Gasteiger partial charge < -0.3 is 45.1 Å². The SMILES string of the molecule is CCCCC/C=C\C/C=C\C/C=C\C/C=C\CCCCCCC(O)C(=O)NC(COC1OC(CO)C(O)C(O)C1OC(=O)CCCCCCCCC/C=C\CCCCCC)C(O)/C=C/CCCCCCCCCCCC. The second-order valence-electron chi connectivity index (χ2n) is 21.4. The van der Waals surface area contributed by atoms with E-state index in [1.807, 2.05) is 6.08 Å². The molecule has 1 amide bonds. The molecule has 11 nitrogen and oxygen atoms in total. The van der Waals surface area contributed by atoms with Gasteiger partial charge in [-0.2, -0.15) is 0 Å². The van der Waals surface area contributed by atoms with Gasteiger partial charge in [0.15, 0.2) is 12.4 Å². The van der Waals surface area contributed by atoms with Crippen molar-refractivity contribution in [1.29, 1.82) is 0 Å². The van der Waals surface area contributed by atoms with E-state index in [0.29, 0.717) is 12.8 Å². The highest BCUT2D eigenvalue weighted by atomic mass is 16.7. The Labute approximate surface area is 464 Å². The number of unbranched alkanes of at least 4 members (excludes halogenated alkanes) is 28. The molecule has 11 heteroatoms. The Morgan fingerprint density at radius 2 is 0.908 bits per heavy atom. The largest absolute Gasteiger partial charge is 0.454 e. The van der Waals surface area contributed by atoms with E-state index in [2.05, 4.69) is 86.8 Å². The van der Waals surface area contributed by atoms with Crippen molar-refractivity contribution in [2.24, 2.45) is 0 Å². The summed E-state index contributed by atoms with van der Waals surface area (Å²) < 4.78 is 17.6. The highest BCUT2D eigenvalue weighted by molar-refractivity contribution is 5.80. The van der Waals surface area contributed by atoms with Crippen LogP contribution in [0.5, 0.6) is 0 Å². The number of aliphatic hydroxyl groups is 5. The molecule has 0 bridgehead atoms. The van der Waals surface area contributed by atoms with Gasteiger partial charge in [-0.05, 0) is 96.3 Å². The van der Waals surface area contributed by atoms with Gasteiger partial charge in [0.1, 0.15) is 24.4 Å². The smallest absolute Gasteiger partial charge is 0.306 e. The first-order valence-corrected chi connectivity index (χ1v) is 31.2. The Balaban J connectivity index is 2.70. The average Bonchev–Trinajstić information content (AvgIpc) is 3.42. The Hall–Kier alpha value is -2.90. The van der Waals surface area contributed by atoms with Gasteiger partial charge in [0.25, 0.3) is 0 Å². The van der Waals surface area contributed by atoms with Crippen molar-refractivity contribution in [3.8, 4) is 0 Å². The summed E-state index contributed by atoms with van der Waals surface area (Å²) in [5, 5.41) is 56.9. The van der Waals surface area contributed by atoms with E-state index in [-0.39, 0.29) is 19.4 Å². The van der Waals surface area contributed by atoms with E-state index in [9.17, 15) is 35.1 Å². The molecule has 8 unspecified atom stereocenters. The van der Waals surface area contributed by atoms with Crippen LogP contribution in [0, 0.1) is 0 Å². The van der Waals surface area contributed by atoms with E-state index in [1.54, 1.807) is 6.08 Å². The van der Waals surface area contributed by atoms with Crippen LogP contribution in [0.3, 0.4) is 0 Å². The molecule has 0 aliphatic carbocycles. The van der Waals surface area contributed by atoms with Crippen molar-refractivity contribution in [1.82, 2.24) is 5.32 Å². The maximum Gasteiger partial charge on any atom is 0.306 e. The van der Waals surface area contributed by atoms with Gasteiger partial charge in [-0.25, -0.2) is 0 Å². The van der Waals surface area contributed by atoms with Crippen molar-refractivity contribution < 1.29 is 49.3 Å². The minimum absolute atomic E-state index is 0.114. The molecule has 1 heterocycles. The number of nitrogens with one attached hydrogen (secondary N) is 1. The first-order chi connectivity index (χ1) is 37.2. The zero-order valence-electron chi connectivity index (χ0n) is 48.6. The Bertz CT molecular complexity index is 1510. The number of ether oxygens (including phenoxy) is 3. The molecule has 1 rings (SSSR count). The Morgan fingerprint density at radius 1 is 0.513 bits per heavy atom. The first-order valence-electron chi connectivity index (χ1n) is 31.2. The van der Waals surface area contributed by atoms with Crippen LogP contribution in [0.2, 0.25) is 0 Å². The number of amides is 1. The summed E-state index contributed by atoms with van der Waals surface area (Å²) in [6.07, 6.45) is 56.4. The summed E-state index contributed by atoms with van der Waals surface area (Å²) >= 11 is 0. The second-order valence-corrected chi connectivity index (χ2v) is 21.4. The number of aliphatic hydroxyl groups excluding tert-OH is 5. The van der Waals surface area contributed by atoms with Crippen LogP contribution in [-0.2, 0) is 23.8 Å². The first kappa shape index (κ1) is 71.1. The van der Waals surface area contributed by atoms with Crippen LogP contribution in [0.4, 0.5) is 0 Å². The predicted molar refractivity (Wildman–Crippen MR) is 315 cm³/mol. The van der Waals surface area contributed by atoms with Gasteiger partial charge in [-0.3, -0.25) is 9.59 Å². The number of carbonyl (C=O) groups excluding carboxylic acids is 2. The van der Waals surface area contributed by atoms with Crippen molar-refractivity contribution in [3.05, 3.63) is 72.9 Å². The average molecular weight is 1070 g/mol. The lowest BCUT2D eigenvalue weighted by molar-refractivity contribution is -0.305. The van der Waals surface area contributed by atoms with Crippen molar-refractivity contribution >= 4 is 11.9 Å². The topological polar surface area (TPSA) is 175 Å². The van der Waals surface area contributed by atoms with Crippen LogP contribution < -0.4 is 5.32 Å². The van der Waals surface area contributed by atoms with Gasteiger partial charge in [-0.15, -0.1) is 0 Å². The molecule has 1 aliphatic heterocycles. The fraction of sp³-hybridized carbons (Fsp3) is 0.785. The molecule has 0 aromatic rings. The minimum Gasteiger partial charge on any atom is -0.454 e. The third kappa shape index (κ3) is 40.3. The maximum absolute atomic E-state index is 13.4. The van der Waals surface area contributed by atoms with E-state index >= 15 is 0 Å². The second kappa shape index (κ2) is 52.8. The van der Waals surface area contributed by atoms with Gasteiger partial charge in [0.2, 0.25) is 5.91 Å². The number of carbonyl (C=O) groups is 2. The molecule has 0 radical (unpaired) electrons. The molecule has 0 aromatic heterocycles. The van der Waals surface area contributed by atoms with Crippen LogP contribution in [-0.4, -0.2) is 99.6 Å². The molecule has 440 valence electrons. The molecule has 8 atom stereocenters. The quantitative estimate of drug-likeness (QED) is 0.0195. The van der Waals surface area contributed by atoms with Crippen LogP contribution in [0.1, 0.15) is 265 Å². The number of esters is 1. The molecule has 6 N–H and O–H groups in total. The monoisotopic (exact) mass is 1070 g/mol. The van der Waals surface area contributed by atoms with Gasteiger partial charge in [0, 0.05) is 6.42 Å². The van der Waals surface area contributed by atoms with Crippen LogP contribution >= 0.6 is 0 Å². The zero-order valence-corrected chi connectivity index (χ0v) is 48.6. The molecule has 1 fully saturated rings. The number of hydrogen-bond donors (Lipinski definition) is 6. The van der Waals surface area contributed by atoms with E-state index in [1.165, 1.54) is 122 Å². The number of hydrogen-bond acceptors (Lipinski definition) is 10. The van der Waals surface area contributed by atoms with E-state index in [4.69, 9.17) is 14.2 Å². The van der Waals surface area contributed by atoms with Crippen LogP contribution in [0.25, 0.3) is 0 Å². The van der Waals surface area contributed by atoms with E-state index in [0.717, 1.165) is 96.3 Å². The lowest BCUT2D eigenvalue weighted by Crippen LogP contribution is -2.61. The Kier molecular flexibility index (Phi) is 49.4. The minimum atomic E-state index is -1.62. The molecular weight excluding hydrogens is 955 g/mol. The standard InChI is InChI=1S/C65H115NO10/c1-4-7-10-13-16-19-22-25-27-28-29-30-31-33-34-37-40-43-46-49-52-58(69)64(73)66-56(57(68)51-48-45-42-39-36-24-21-18-15-12-9-6-3)55-74-65-63(62(72)61(71)59(54-67)75-65)76-60(70)53-50-47-44-41-38-35-32-26-23-20-17-14-11-8-5-2/h16,19-20,23,25,27,29-30,33-34,48,51,56-59,61-63,65,67-69,71-72H,4-15,17-18,21-22,24,26,28,31-32,35-47,49-50,52-55H2,1-3H3,(H,66,73)/b19-16-,23-20-,27-25-,30-29-,34-33-,51-48+. The lowest BCUT2D eigenvalue weighted by Gasteiger charge is -2.41. The summed E-state index contributed by atoms with van der Waals surface area (Å²) in [5.74, 6) is -1.22. The fourth-order valence-electron chi connectivity index (χ4n) is 9.33. The van der Waals surface area contributed by atoms with Gasteiger partial charge in [-0.1, -0.05) is 235 Å². The zero-order chi connectivity index (χ0) is 55.4. The highest BCUT2D eigenvalue weighted by Crippen LogP contribution is 2.26. The van der Waals surface area contributed by atoms with Crippen molar-refractivity contribution in [2.45, 2.75) is 314 Å². The van der Waals surface area contributed by atoms with Crippen molar-refractivity contribution in [3.63, 3.8) is 0 Å². The fourth-order valence-corrected chi connectivity index (χ4v) is 9.33. The summed E-state index contributed by atoms with van der Waals surface area (Å²) in [6.45, 7) is 5.73. The molecule has 0 aromatic carbocycles. The van der Waals surface area contributed by atoms with Gasteiger partial charge >= 0.3 is 5.97 Å². The molecule has 1 aliphatic rings. The molecule has 0 saturated carbocycles. The molecule has 1 saturated heterocycles. The summed E-state index contributed by atoms with van der Waals surface area (Å²) in [4.78, 5) is 26.5. The number of rotatable bonds is 52. The van der Waals surface area contributed by atoms with Gasteiger partial charge in [0.05, 0.1) is 25.4 Å². The maximum atomic E-state index is 13.4. The molecule has 76 heavy (non-hydrogen) atoms. The van der Waals surface area contributed by atoms with E-state index < -0.39 is 67.4 Å². The molecular formula is C65H115NO10. The highest BCUT2D eigenvalue weighted by Gasteiger charge is 2.47. The number of allylic oxidation sites excluding steroid dienone is 11. The summed E-state index contributed by atoms with van der Waals surface area (Å²) in [6, 6.07) is -1.04. The van der Waals surface area contributed by atoms with Crippen LogP contribution in [0.15, 0.2) is 72.9 Å². The third-order valence-electron chi connectivity index (χ3n) is 14.3. The van der Waals surface area contributed by atoms with Crippen molar-refractivity contribution in [2.75, 3.05) is 13.2 Å².